The van der Waals surface area contributed by atoms with Crippen LogP contribution in [0.5, 0.6) is 5.75 Å². The lowest BCUT2D eigenvalue weighted by Crippen LogP contribution is -2.54. The Hall–Kier alpha value is -3.85. The average molecular weight is 592 g/mol. The van der Waals surface area contributed by atoms with Gasteiger partial charge in [0.25, 0.3) is 10.0 Å². The van der Waals surface area contributed by atoms with Crippen molar-refractivity contribution in [1.29, 1.82) is 0 Å². The van der Waals surface area contributed by atoms with Gasteiger partial charge < -0.3 is 15.0 Å². The van der Waals surface area contributed by atoms with Crippen molar-refractivity contribution in [2.75, 3.05) is 24.5 Å². The molecule has 1 aliphatic rings. The highest BCUT2D eigenvalue weighted by molar-refractivity contribution is 7.92. The summed E-state index contributed by atoms with van der Waals surface area (Å²) >= 11 is 0. The third kappa shape index (κ3) is 7.91. The fourth-order valence-corrected chi connectivity index (χ4v) is 6.85. The van der Waals surface area contributed by atoms with Crippen LogP contribution in [0.2, 0.25) is 0 Å². The van der Waals surface area contributed by atoms with Crippen LogP contribution >= 0.6 is 0 Å². The van der Waals surface area contributed by atoms with Crippen molar-refractivity contribution in [3.8, 4) is 5.75 Å². The number of amides is 2. The van der Waals surface area contributed by atoms with E-state index >= 15 is 0 Å². The quantitative estimate of drug-likeness (QED) is 0.295. The molecule has 2 amide bonds. The molecule has 0 aromatic heterocycles. The molecule has 1 unspecified atom stereocenters. The van der Waals surface area contributed by atoms with Gasteiger partial charge in [0.15, 0.2) is 0 Å². The van der Waals surface area contributed by atoms with Crippen molar-refractivity contribution < 1.29 is 22.7 Å². The maximum absolute atomic E-state index is 14.1. The summed E-state index contributed by atoms with van der Waals surface area (Å²) in [5.41, 5.74) is 1.40. The van der Waals surface area contributed by atoms with Gasteiger partial charge in [-0.2, -0.15) is 0 Å². The number of para-hydroxylation sites is 1. The van der Waals surface area contributed by atoms with E-state index in [1.807, 2.05) is 37.3 Å². The molecule has 0 saturated heterocycles. The second kappa shape index (κ2) is 14.9. The van der Waals surface area contributed by atoms with Gasteiger partial charge in [-0.3, -0.25) is 13.9 Å². The Labute approximate surface area is 249 Å². The molecule has 0 bridgehead atoms. The Kier molecular flexibility index (Phi) is 11.0. The fraction of sp³-hybridized carbons (Fsp3) is 0.394. The van der Waals surface area contributed by atoms with Crippen molar-refractivity contribution in [3.63, 3.8) is 0 Å². The van der Waals surface area contributed by atoms with Crippen molar-refractivity contribution in [1.82, 2.24) is 10.2 Å². The van der Waals surface area contributed by atoms with Gasteiger partial charge >= 0.3 is 0 Å². The third-order valence-corrected chi connectivity index (χ3v) is 9.58. The second-order valence-electron chi connectivity index (χ2n) is 10.6. The number of nitrogens with zero attached hydrogens (tertiary/aromatic N) is 2. The number of methoxy groups -OCH3 is 1. The van der Waals surface area contributed by atoms with Crippen LogP contribution in [0.15, 0.2) is 89.8 Å². The summed E-state index contributed by atoms with van der Waals surface area (Å²) in [6, 6.07) is 23.8. The molecule has 42 heavy (non-hydrogen) atoms. The van der Waals surface area contributed by atoms with Crippen molar-refractivity contribution >= 4 is 27.5 Å². The van der Waals surface area contributed by atoms with Gasteiger partial charge in [-0.15, -0.1) is 0 Å². The zero-order valence-corrected chi connectivity index (χ0v) is 25.3. The highest BCUT2D eigenvalue weighted by Gasteiger charge is 2.34. The molecule has 3 aromatic carbocycles. The summed E-state index contributed by atoms with van der Waals surface area (Å²) in [4.78, 5) is 29.3. The van der Waals surface area contributed by atoms with E-state index in [9.17, 15) is 18.0 Å². The Bertz CT molecular complexity index is 1390. The molecule has 8 nitrogen and oxygen atoms in total. The molecule has 0 heterocycles. The molecular formula is C33H41N3O5S. The monoisotopic (exact) mass is 591 g/mol. The standard InChI is InChI=1S/C33H41N3O5S/c1-3-31(33(38)34-27-15-9-5-10-16-27)35(24-23-26-13-7-4-8-14-26)32(37)25-36(28-17-11-6-12-18-28)42(39,40)30-21-19-29(41-2)20-22-30/h4,6-8,11-14,17-22,27,31H,3,5,9-10,15-16,23-25H2,1-2H3,(H,34,38). The van der Waals surface area contributed by atoms with Crippen LogP contribution in [0.3, 0.4) is 0 Å². The molecule has 9 heteroatoms. The van der Waals surface area contributed by atoms with Crippen LogP contribution < -0.4 is 14.4 Å². The summed E-state index contributed by atoms with van der Waals surface area (Å²) in [5, 5.41) is 3.18. The van der Waals surface area contributed by atoms with Gasteiger partial charge in [-0.25, -0.2) is 8.42 Å². The first-order chi connectivity index (χ1) is 20.3. The number of nitrogens with one attached hydrogen (secondary N) is 1. The van der Waals surface area contributed by atoms with Crippen LogP contribution in [0.1, 0.15) is 51.0 Å². The molecule has 1 atom stereocenters. The molecule has 0 radical (unpaired) electrons. The first-order valence-corrected chi connectivity index (χ1v) is 16.1. The largest absolute Gasteiger partial charge is 0.497 e. The number of anilines is 1. The molecule has 1 aliphatic carbocycles. The molecule has 1 N–H and O–H groups in total. The molecule has 3 aromatic rings. The van der Waals surface area contributed by atoms with Crippen molar-refractivity contribution in [2.45, 2.75) is 68.8 Å². The minimum Gasteiger partial charge on any atom is -0.497 e. The maximum Gasteiger partial charge on any atom is 0.264 e. The van der Waals surface area contributed by atoms with E-state index in [0.717, 1.165) is 35.6 Å². The van der Waals surface area contributed by atoms with Gasteiger partial charge in [-0.05, 0) is 67.6 Å². The van der Waals surface area contributed by atoms with Crippen LogP contribution in [0, 0.1) is 0 Å². The summed E-state index contributed by atoms with van der Waals surface area (Å²) in [5.74, 6) is -0.0919. The zero-order valence-electron chi connectivity index (χ0n) is 24.4. The van der Waals surface area contributed by atoms with Gasteiger partial charge in [0.2, 0.25) is 11.8 Å². The van der Waals surface area contributed by atoms with E-state index in [4.69, 9.17) is 4.74 Å². The number of hydrogen-bond acceptors (Lipinski definition) is 5. The number of hydrogen-bond donors (Lipinski definition) is 1. The number of ether oxygens (including phenoxy) is 1. The topological polar surface area (TPSA) is 96.0 Å². The number of benzene rings is 3. The van der Waals surface area contributed by atoms with Gasteiger partial charge in [0, 0.05) is 12.6 Å². The highest BCUT2D eigenvalue weighted by Crippen LogP contribution is 2.26. The highest BCUT2D eigenvalue weighted by atomic mass is 32.2. The number of carbonyl (C=O) groups is 2. The van der Waals surface area contributed by atoms with Gasteiger partial charge in [0.05, 0.1) is 17.7 Å². The van der Waals surface area contributed by atoms with Gasteiger partial charge in [0.1, 0.15) is 18.3 Å². The van der Waals surface area contributed by atoms with Crippen LogP contribution in [-0.4, -0.2) is 57.4 Å². The molecule has 4 rings (SSSR count). The average Bonchev–Trinajstić information content (AvgIpc) is 3.03. The minimum atomic E-state index is -4.12. The van der Waals surface area contributed by atoms with Gasteiger partial charge in [-0.1, -0.05) is 74.7 Å². The fourth-order valence-electron chi connectivity index (χ4n) is 5.44. The molecule has 1 saturated carbocycles. The smallest absolute Gasteiger partial charge is 0.264 e. The molecule has 224 valence electrons. The van der Waals surface area contributed by atoms with E-state index in [2.05, 4.69) is 5.32 Å². The lowest BCUT2D eigenvalue weighted by molar-refractivity contribution is -0.140. The zero-order chi connectivity index (χ0) is 30.0. The van der Waals surface area contributed by atoms with E-state index < -0.39 is 28.5 Å². The van der Waals surface area contributed by atoms with Crippen molar-refractivity contribution in [2.24, 2.45) is 0 Å². The SMILES string of the molecule is CCC(C(=O)NC1CCCCC1)N(CCc1ccccc1)C(=O)CN(c1ccccc1)S(=O)(=O)c1ccc(OC)cc1. The summed E-state index contributed by atoms with van der Waals surface area (Å²) < 4.78 is 34.2. The molecule has 1 fully saturated rings. The second-order valence-corrected chi connectivity index (χ2v) is 12.5. The first kappa shape index (κ1) is 31.1. The molecule has 0 spiro atoms. The predicted molar refractivity (Wildman–Crippen MR) is 165 cm³/mol. The van der Waals surface area contributed by atoms with Crippen LogP contribution in [-0.2, 0) is 26.0 Å². The summed E-state index contributed by atoms with van der Waals surface area (Å²) in [7, 11) is -2.61. The molecular weight excluding hydrogens is 550 g/mol. The Morgan fingerprint density at radius 1 is 0.905 bits per heavy atom. The lowest BCUT2D eigenvalue weighted by atomic mass is 9.95. The van der Waals surface area contributed by atoms with Crippen LogP contribution in [0.25, 0.3) is 0 Å². The number of carbonyl (C=O) groups excluding carboxylic acids is 2. The maximum atomic E-state index is 14.1. The first-order valence-electron chi connectivity index (χ1n) is 14.7. The Morgan fingerprint density at radius 2 is 1.52 bits per heavy atom. The lowest BCUT2D eigenvalue weighted by Gasteiger charge is -2.34. The number of sulfonamides is 1. The predicted octanol–water partition coefficient (Wildman–Crippen LogP) is 5.19. The molecule has 0 aliphatic heterocycles. The third-order valence-electron chi connectivity index (χ3n) is 7.79. The van der Waals surface area contributed by atoms with E-state index in [1.165, 1.54) is 25.7 Å². The minimum absolute atomic E-state index is 0.0397. The Balaban J connectivity index is 1.64. The summed E-state index contributed by atoms with van der Waals surface area (Å²) in [6.07, 6.45) is 6.14. The van der Waals surface area contributed by atoms with Crippen LogP contribution in [0.4, 0.5) is 5.69 Å². The van der Waals surface area contributed by atoms with Crippen molar-refractivity contribution in [3.05, 3.63) is 90.5 Å². The van der Waals surface area contributed by atoms with E-state index in [-0.39, 0.29) is 23.4 Å². The normalized spacial score (nSPS) is 14.5. The van der Waals surface area contributed by atoms with E-state index in [0.29, 0.717) is 24.3 Å². The Morgan fingerprint density at radius 3 is 2.12 bits per heavy atom. The van der Waals surface area contributed by atoms with E-state index in [1.54, 1.807) is 47.4 Å². The summed E-state index contributed by atoms with van der Waals surface area (Å²) in [6.45, 7) is 1.72. The number of rotatable bonds is 13.